The molecule has 3 aromatic heterocycles. The first-order valence-electron chi connectivity index (χ1n) is 7.75. The summed E-state index contributed by atoms with van der Waals surface area (Å²) >= 11 is 0. The number of likely N-dealkylation sites (tertiary alicyclic amines) is 1. The second-order valence-electron chi connectivity index (χ2n) is 6.24. The molecular formula is C15H18N8O. The summed E-state index contributed by atoms with van der Waals surface area (Å²) in [6.45, 7) is 1.69. The van der Waals surface area contributed by atoms with E-state index in [0.717, 1.165) is 18.8 Å². The minimum absolute atomic E-state index is 0.0301. The molecule has 0 saturated carbocycles. The van der Waals surface area contributed by atoms with Crippen LogP contribution in [0.3, 0.4) is 0 Å². The highest BCUT2D eigenvalue weighted by Crippen LogP contribution is 2.26. The largest absolute Gasteiger partial charge is 0.347 e. The van der Waals surface area contributed by atoms with E-state index in [-0.39, 0.29) is 17.9 Å². The lowest BCUT2D eigenvalue weighted by Gasteiger charge is -2.20. The van der Waals surface area contributed by atoms with Crippen LogP contribution in [0.15, 0.2) is 30.9 Å². The fraction of sp³-hybridized carbons (Fsp3) is 0.400. The van der Waals surface area contributed by atoms with Gasteiger partial charge in [-0.2, -0.15) is 4.52 Å². The van der Waals surface area contributed by atoms with Gasteiger partial charge in [-0.25, -0.2) is 4.98 Å². The van der Waals surface area contributed by atoms with E-state index >= 15 is 0 Å². The van der Waals surface area contributed by atoms with Crippen molar-refractivity contribution in [3.63, 3.8) is 0 Å². The van der Waals surface area contributed by atoms with Crippen molar-refractivity contribution in [1.29, 1.82) is 0 Å². The summed E-state index contributed by atoms with van der Waals surface area (Å²) in [6.07, 6.45) is 5.30. The molecule has 1 aliphatic rings. The highest BCUT2D eigenvalue weighted by molar-refractivity contribution is 5.94. The van der Waals surface area contributed by atoms with Gasteiger partial charge >= 0.3 is 0 Å². The highest BCUT2D eigenvalue weighted by Gasteiger charge is 2.34. The van der Waals surface area contributed by atoms with Crippen LogP contribution in [0.5, 0.6) is 0 Å². The molecule has 1 saturated heterocycles. The molecule has 2 atom stereocenters. The van der Waals surface area contributed by atoms with Gasteiger partial charge in [0.25, 0.3) is 5.91 Å². The topological polar surface area (TPSA) is 93.2 Å². The maximum Gasteiger partial charge on any atom is 0.253 e. The number of imidazole rings is 1. The molecule has 1 aliphatic heterocycles. The fourth-order valence-corrected chi connectivity index (χ4v) is 3.30. The molecule has 124 valence electrons. The summed E-state index contributed by atoms with van der Waals surface area (Å²) < 4.78 is 3.50. The summed E-state index contributed by atoms with van der Waals surface area (Å²) in [5, 5.41) is 14.4. The zero-order valence-corrected chi connectivity index (χ0v) is 13.5. The van der Waals surface area contributed by atoms with Crippen molar-refractivity contribution in [2.24, 2.45) is 7.05 Å². The third-order valence-electron chi connectivity index (χ3n) is 4.51. The summed E-state index contributed by atoms with van der Waals surface area (Å²) in [6, 6.07) is 3.50. The first-order chi connectivity index (χ1) is 11.6. The lowest BCUT2D eigenvalue weighted by atomic mass is 10.00. The fourth-order valence-electron chi connectivity index (χ4n) is 3.30. The van der Waals surface area contributed by atoms with Crippen molar-refractivity contribution in [3.8, 4) is 0 Å². The smallest absolute Gasteiger partial charge is 0.253 e. The molecule has 9 heteroatoms. The number of aromatic nitrogens is 6. The van der Waals surface area contributed by atoms with E-state index in [1.165, 1.54) is 4.52 Å². The lowest BCUT2D eigenvalue weighted by molar-refractivity contribution is 0.0934. The maximum absolute atomic E-state index is 12.6. The average Bonchev–Trinajstić information content (AvgIpc) is 3.26. The van der Waals surface area contributed by atoms with E-state index in [1.807, 2.05) is 17.8 Å². The molecular weight excluding hydrogens is 308 g/mol. The van der Waals surface area contributed by atoms with E-state index in [9.17, 15) is 4.79 Å². The highest BCUT2D eigenvalue weighted by atomic mass is 16.1. The van der Waals surface area contributed by atoms with Crippen molar-refractivity contribution in [1.82, 2.24) is 39.8 Å². The number of nitrogens with zero attached hydrogens (tertiary/aromatic N) is 7. The average molecular weight is 326 g/mol. The molecule has 1 fully saturated rings. The Hall–Kier alpha value is -2.81. The van der Waals surface area contributed by atoms with Crippen LogP contribution < -0.4 is 5.32 Å². The van der Waals surface area contributed by atoms with Gasteiger partial charge < -0.3 is 14.8 Å². The first kappa shape index (κ1) is 14.8. The number of hydrogen-bond acceptors (Lipinski definition) is 6. The normalized spacial score (nSPS) is 21.4. The van der Waals surface area contributed by atoms with Crippen LogP contribution in [0, 0.1) is 0 Å². The third-order valence-corrected chi connectivity index (χ3v) is 4.51. The number of nitrogens with one attached hydrogen (secondary N) is 1. The molecule has 0 aliphatic carbocycles. The molecule has 1 amide bonds. The van der Waals surface area contributed by atoms with Crippen LogP contribution in [-0.2, 0) is 7.05 Å². The predicted octanol–water partition coefficient (Wildman–Crippen LogP) is -0.315. The molecule has 4 heterocycles. The summed E-state index contributed by atoms with van der Waals surface area (Å²) in [7, 11) is 4.04. The Labute approximate surface area is 138 Å². The Balaban J connectivity index is 1.56. The van der Waals surface area contributed by atoms with Gasteiger partial charge in [0.15, 0.2) is 5.65 Å². The van der Waals surface area contributed by atoms with Gasteiger partial charge in [-0.05, 0) is 29.6 Å². The number of carbonyl (C=O) groups is 1. The van der Waals surface area contributed by atoms with Crippen LogP contribution in [0.2, 0.25) is 0 Å². The molecule has 0 spiro atoms. The van der Waals surface area contributed by atoms with Gasteiger partial charge in [-0.1, -0.05) is 0 Å². The van der Waals surface area contributed by atoms with Gasteiger partial charge in [0.1, 0.15) is 0 Å². The number of likely N-dealkylation sites (N-methyl/N-ethyl adjacent to an activating group) is 1. The van der Waals surface area contributed by atoms with E-state index in [0.29, 0.717) is 11.2 Å². The summed E-state index contributed by atoms with van der Waals surface area (Å²) in [4.78, 5) is 19.1. The van der Waals surface area contributed by atoms with E-state index in [2.05, 4.69) is 37.8 Å². The first-order valence-corrected chi connectivity index (χ1v) is 7.75. The van der Waals surface area contributed by atoms with E-state index in [4.69, 9.17) is 0 Å². The quantitative estimate of drug-likeness (QED) is 0.709. The monoisotopic (exact) mass is 326 g/mol. The number of aryl methyl sites for hydroxylation is 1. The lowest BCUT2D eigenvalue weighted by Crippen LogP contribution is -2.40. The number of tetrazole rings is 1. The molecule has 0 bridgehead atoms. The van der Waals surface area contributed by atoms with Crippen molar-refractivity contribution in [2.45, 2.75) is 12.0 Å². The van der Waals surface area contributed by atoms with Gasteiger partial charge in [-0.3, -0.25) is 4.79 Å². The standard InChI is InChI=1S/C15H18N8O/c1-21-7-11(13-5-16-9-22(13)2)12(8-21)17-15(24)10-3-4-14-18-19-20-23(14)6-10/h3-6,9,11-12H,7-8H2,1-2H3,(H,17,24)/t11-,12-/m1/s1. The van der Waals surface area contributed by atoms with Gasteiger partial charge in [-0.15, -0.1) is 5.10 Å². The molecule has 1 N–H and O–H groups in total. The van der Waals surface area contributed by atoms with Crippen molar-refractivity contribution < 1.29 is 4.79 Å². The molecule has 9 nitrogen and oxygen atoms in total. The van der Waals surface area contributed by atoms with Gasteiger partial charge in [0.2, 0.25) is 0 Å². The maximum atomic E-state index is 12.6. The van der Waals surface area contributed by atoms with Gasteiger partial charge in [0.05, 0.1) is 17.9 Å². The van der Waals surface area contributed by atoms with E-state index < -0.39 is 0 Å². The SMILES string of the molecule is CN1C[C@@H](NC(=O)c2ccc3nnnn3c2)[C@H](c2cncn2C)C1. The van der Waals surface area contributed by atoms with Crippen LogP contribution in [0.25, 0.3) is 5.65 Å². The minimum Gasteiger partial charge on any atom is -0.347 e. The number of fused-ring (bicyclic) bond motifs is 1. The predicted molar refractivity (Wildman–Crippen MR) is 85.5 cm³/mol. The Morgan fingerprint density at radius 1 is 1.29 bits per heavy atom. The molecule has 0 unspecified atom stereocenters. The number of carbonyl (C=O) groups excluding carboxylic acids is 1. The Kier molecular flexibility index (Phi) is 3.49. The molecule has 0 radical (unpaired) electrons. The summed E-state index contributed by atoms with van der Waals surface area (Å²) in [5.41, 5.74) is 2.27. The van der Waals surface area contributed by atoms with Crippen LogP contribution >= 0.6 is 0 Å². The zero-order chi connectivity index (χ0) is 16.7. The second-order valence-corrected chi connectivity index (χ2v) is 6.24. The van der Waals surface area contributed by atoms with Crippen LogP contribution in [-0.4, -0.2) is 66.6 Å². The third kappa shape index (κ3) is 2.52. The zero-order valence-electron chi connectivity index (χ0n) is 13.5. The Bertz CT molecular complexity index is 884. The van der Waals surface area contributed by atoms with Crippen molar-refractivity contribution in [2.75, 3.05) is 20.1 Å². The number of pyridine rings is 1. The van der Waals surface area contributed by atoms with Crippen molar-refractivity contribution in [3.05, 3.63) is 42.1 Å². The summed E-state index contributed by atoms with van der Waals surface area (Å²) in [5.74, 6) is 0.0862. The van der Waals surface area contributed by atoms with Crippen LogP contribution in [0.4, 0.5) is 0 Å². The van der Waals surface area contributed by atoms with E-state index in [1.54, 1.807) is 24.7 Å². The molecule has 3 aromatic rings. The molecule has 4 rings (SSSR count). The second kappa shape index (κ2) is 5.68. The van der Waals surface area contributed by atoms with Crippen LogP contribution in [0.1, 0.15) is 22.0 Å². The Morgan fingerprint density at radius 2 is 2.17 bits per heavy atom. The number of amides is 1. The van der Waals surface area contributed by atoms with Gasteiger partial charge in [0, 0.05) is 44.1 Å². The van der Waals surface area contributed by atoms with Crippen molar-refractivity contribution >= 4 is 11.6 Å². The number of rotatable bonds is 3. The number of hydrogen-bond donors (Lipinski definition) is 1. The Morgan fingerprint density at radius 3 is 2.96 bits per heavy atom. The molecule has 24 heavy (non-hydrogen) atoms. The molecule has 0 aromatic carbocycles. The minimum atomic E-state index is -0.125.